The van der Waals surface area contributed by atoms with Crippen LogP contribution in [-0.2, 0) is 6.42 Å². The second-order valence-corrected chi connectivity index (χ2v) is 5.77. The van der Waals surface area contributed by atoms with Gasteiger partial charge in [-0.25, -0.2) is 4.39 Å². The van der Waals surface area contributed by atoms with E-state index >= 15 is 0 Å². The molecule has 112 valence electrons. The van der Waals surface area contributed by atoms with E-state index in [-0.39, 0.29) is 11.1 Å². The number of rotatable bonds is 5. The standard InChI is InChI=1S/C15H15BrClFN2O/c1-21-10-4-2-3-9(7-10)8-13(20-19)11-5-6-12(16)14(17)15(11)18/h2-7,13,20H,8,19H2,1H3. The molecule has 0 aliphatic rings. The third kappa shape index (κ3) is 3.74. The van der Waals surface area contributed by atoms with Crippen LogP contribution in [0.15, 0.2) is 40.9 Å². The number of methoxy groups -OCH3 is 1. The maximum atomic E-state index is 14.3. The lowest BCUT2D eigenvalue weighted by Crippen LogP contribution is -2.30. The topological polar surface area (TPSA) is 47.3 Å². The van der Waals surface area contributed by atoms with Gasteiger partial charge in [0.2, 0.25) is 0 Å². The van der Waals surface area contributed by atoms with Crippen molar-refractivity contribution >= 4 is 27.5 Å². The van der Waals surface area contributed by atoms with Gasteiger partial charge in [-0.15, -0.1) is 0 Å². The van der Waals surface area contributed by atoms with Gasteiger partial charge in [-0.05, 0) is 46.1 Å². The van der Waals surface area contributed by atoms with Crippen LogP contribution >= 0.6 is 27.5 Å². The first-order valence-corrected chi connectivity index (χ1v) is 7.46. The second kappa shape index (κ2) is 7.22. The Hall–Kier alpha value is -1.14. The number of hydrazine groups is 1. The minimum Gasteiger partial charge on any atom is -0.497 e. The van der Waals surface area contributed by atoms with E-state index in [1.54, 1.807) is 19.2 Å². The molecule has 0 heterocycles. The summed E-state index contributed by atoms with van der Waals surface area (Å²) in [6.45, 7) is 0. The van der Waals surface area contributed by atoms with Crippen LogP contribution in [0.3, 0.4) is 0 Å². The molecule has 0 bridgehead atoms. The lowest BCUT2D eigenvalue weighted by Gasteiger charge is -2.18. The maximum Gasteiger partial charge on any atom is 0.147 e. The minimum absolute atomic E-state index is 0.0541. The third-order valence-corrected chi connectivity index (χ3v) is 4.47. The van der Waals surface area contributed by atoms with E-state index in [9.17, 15) is 4.39 Å². The van der Waals surface area contributed by atoms with E-state index in [4.69, 9.17) is 22.2 Å². The molecule has 2 rings (SSSR count). The molecule has 0 fully saturated rings. The molecule has 21 heavy (non-hydrogen) atoms. The first kappa shape index (κ1) is 16.2. The Balaban J connectivity index is 2.30. The molecule has 0 aliphatic heterocycles. The predicted molar refractivity (Wildman–Crippen MR) is 85.9 cm³/mol. The Labute approximate surface area is 136 Å². The molecular weight excluding hydrogens is 359 g/mol. The zero-order valence-corrected chi connectivity index (χ0v) is 13.7. The highest BCUT2D eigenvalue weighted by molar-refractivity contribution is 9.10. The predicted octanol–water partition coefficient (Wildman–Crippen LogP) is 4.00. The van der Waals surface area contributed by atoms with Crippen LogP contribution in [0, 0.1) is 5.82 Å². The summed E-state index contributed by atoms with van der Waals surface area (Å²) in [6.07, 6.45) is 0.516. The quantitative estimate of drug-likeness (QED) is 0.473. The van der Waals surface area contributed by atoms with Crippen molar-refractivity contribution in [2.45, 2.75) is 12.5 Å². The number of benzene rings is 2. The number of nitrogens with one attached hydrogen (secondary N) is 1. The number of hydrogen-bond acceptors (Lipinski definition) is 3. The smallest absolute Gasteiger partial charge is 0.147 e. The van der Waals surface area contributed by atoms with Gasteiger partial charge in [0.1, 0.15) is 11.6 Å². The molecule has 0 radical (unpaired) electrons. The molecule has 2 aromatic carbocycles. The first-order chi connectivity index (χ1) is 10.1. The number of hydrogen-bond donors (Lipinski definition) is 2. The molecule has 0 aliphatic carbocycles. The zero-order chi connectivity index (χ0) is 15.4. The SMILES string of the molecule is COc1cccc(CC(NN)c2ccc(Br)c(Cl)c2F)c1. The summed E-state index contributed by atoms with van der Waals surface area (Å²) in [5, 5.41) is 0.0541. The lowest BCUT2D eigenvalue weighted by atomic mass is 9.99. The van der Waals surface area contributed by atoms with Gasteiger partial charge < -0.3 is 4.74 Å². The third-order valence-electron chi connectivity index (χ3n) is 3.22. The molecule has 0 saturated heterocycles. The number of nitrogens with two attached hydrogens (primary N) is 1. The van der Waals surface area contributed by atoms with E-state index in [1.807, 2.05) is 24.3 Å². The molecule has 0 saturated carbocycles. The highest BCUT2D eigenvalue weighted by Crippen LogP contribution is 2.31. The van der Waals surface area contributed by atoms with Crippen molar-refractivity contribution in [2.75, 3.05) is 7.11 Å². The van der Waals surface area contributed by atoms with Crippen molar-refractivity contribution in [2.24, 2.45) is 5.84 Å². The van der Waals surface area contributed by atoms with Crippen LogP contribution in [-0.4, -0.2) is 7.11 Å². The van der Waals surface area contributed by atoms with Gasteiger partial charge in [0, 0.05) is 10.0 Å². The number of halogens is 3. The van der Waals surface area contributed by atoms with Gasteiger partial charge in [-0.3, -0.25) is 11.3 Å². The normalized spacial score (nSPS) is 12.2. The van der Waals surface area contributed by atoms with Crippen molar-refractivity contribution in [1.82, 2.24) is 5.43 Å². The van der Waals surface area contributed by atoms with Crippen LogP contribution < -0.4 is 16.0 Å². The fraction of sp³-hybridized carbons (Fsp3) is 0.200. The van der Waals surface area contributed by atoms with E-state index < -0.39 is 5.82 Å². The molecule has 3 N–H and O–H groups in total. The molecule has 1 atom stereocenters. The number of ether oxygens (including phenoxy) is 1. The first-order valence-electron chi connectivity index (χ1n) is 6.29. The molecular formula is C15H15BrClFN2O. The molecule has 6 heteroatoms. The second-order valence-electron chi connectivity index (χ2n) is 4.54. The average Bonchev–Trinajstić information content (AvgIpc) is 2.51. The Morgan fingerprint density at radius 3 is 2.81 bits per heavy atom. The van der Waals surface area contributed by atoms with Crippen molar-refractivity contribution < 1.29 is 9.13 Å². The monoisotopic (exact) mass is 372 g/mol. The van der Waals surface area contributed by atoms with Gasteiger partial charge in [-0.1, -0.05) is 29.8 Å². The summed E-state index contributed by atoms with van der Waals surface area (Å²) < 4.78 is 20.0. The summed E-state index contributed by atoms with van der Waals surface area (Å²) in [5.74, 6) is 5.85. The average molecular weight is 374 g/mol. The van der Waals surface area contributed by atoms with Crippen LogP contribution in [0.2, 0.25) is 5.02 Å². The fourth-order valence-corrected chi connectivity index (χ4v) is 2.58. The Kier molecular flexibility index (Phi) is 5.58. The van der Waals surface area contributed by atoms with E-state index in [1.165, 1.54) is 0 Å². The van der Waals surface area contributed by atoms with E-state index in [2.05, 4.69) is 21.4 Å². The summed E-state index contributed by atoms with van der Waals surface area (Å²) in [5.41, 5.74) is 4.04. The van der Waals surface area contributed by atoms with Gasteiger partial charge in [0.15, 0.2) is 0 Å². The van der Waals surface area contributed by atoms with Gasteiger partial charge in [0.05, 0.1) is 18.2 Å². The van der Waals surface area contributed by atoms with E-state index in [0.717, 1.165) is 11.3 Å². The Bertz CT molecular complexity index is 639. The molecule has 2 aromatic rings. The van der Waals surface area contributed by atoms with Crippen LogP contribution in [0.5, 0.6) is 5.75 Å². The lowest BCUT2D eigenvalue weighted by molar-refractivity contribution is 0.413. The van der Waals surface area contributed by atoms with Gasteiger partial charge in [-0.2, -0.15) is 0 Å². The molecule has 0 aromatic heterocycles. The highest BCUT2D eigenvalue weighted by atomic mass is 79.9. The largest absolute Gasteiger partial charge is 0.497 e. The van der Waals surface area contributed by atoms with Crippen LogP contribution in [0.1, 0.15) is 17.2 Å². The molecule has 3 nitrogen and oxygen atoms in total. The Morgan fingerprint density at radius 2 is 2.14 bits per heavy atom. The molecule has 0 spiro atoms. The molecule has 0 amide bonds. The van der Waals surface area contributed by atoms with E-state index in [0.29, 0.717) is 16.5 Å². The van der Waals surface area contributed by atoms with Crippen LogP contribution in [0.4, 0.5) is 4.39 Å². The summed E-state index contributed by atoms with van der Waals surface area (Å²) in [6, 6.07) is 10.5. The van der Waals surface area contributed by atoms with Crippen molar-refractivity contribution in [3.05, 3.63) is 62.8 Å². The maximum absolute atomic E-state index is 14.3. The summed E-state index contributed by atoms with van der Waals surface area (Å²) >= 11 is 9.12. The summed E-state index contributed by atoms with van der Waals surface area (Å²) in [7, 11) is 1.60. The van der Waals surface area contributed by atoms with Crippen molar-refractivity contribution in [3.8, 4) is 5.75 Å². The van der Waals surface area contributed by atoms with Gasteiger partial charge in [0.25, 0.3) is 0 Å². The highest BCUT2D eigenvalue weighted by Gasteiger charge is 2.18. The molecule has 1 unspecified atom stereocenters. The van der Waals surface area contributed by atoms with Crippen molar-refractivity contribution in [1.29, 1.82) is 0 Å². The zero-order valence-electron chi connectivity index (χ0n) is 11.4. The van der Waals surface area contributed by atoms with Crippen molar-refractivity contribution in [3.63, 3.8) is 0 Å². The minimum atomic E-state index is -0.475. The fourth-order valence-electron chi connectivity index (χ4n) is 2.10. The Morgan fingerprint density at radius 1 is 1.38 bits per heavy atom. The van der Waals surface area contributed by atoms with Gasteiger partial charge >= 0.3 is 0 Å². The summed E-state index contributed by atoms with van der Waals surface area (Å²) in [4.78, 5) is 0. The van der Waals surface area contributed by atoms with Crippen LogP contribution in [0.25, 0.3) is 0 Å².